The van der Waals surface area contributed by atoms with Crippen LogP contribution in [0.5, 0.6) is 0 Å². The van der Waals surface area contributed by atoms with Gasteiger partial charge in [0.2, 0.25) is 0 Å². The molecule has 1 fully saturated rings. The summed E-state index contributed by atoms with van der Waals surface area (Å²) in [5.41, 5.74) is 3.71. The fourth-order valence-corrected chi connectivity index (χ4v) is 4.15. The number of guanidine groups is 1. The van der Waals surface area contributed by atoms with E-state index in [0.717, 1.165) is 64.0 Å². The van der Waals surface area contributed by atoms with Gasteiger partial charge in [-0.05, 0) is 31.9 Å². The number of hydrogen-bond donors (Lipinski definition) is 2. The Morgan fingerprint density at radius 1 is 1.14 bits per heavy atom. The first-order valence-electron chi connectivity index (χ1n) is 10.5. The molecule has 0 bridgehead atoms. The van der Waals surface area contributed by atoms with Crippen molar-refractivity contribution in [2.24, 2.45) is 4.99 Å². The first-order valence-corrected chi connectivity index (χ1v) is 11.3. The van der Waals surface area contributed by atoms with Crippen LogP contribution < -0.4 is 10.6 Å². The Labute approximate surface area is 178 Å². The summed E-state index contributed by atoms with van der Waals surface area (Å²) in [6.45, 7) is 13.3. The molecule has 7 heteroatoms. The van der Waals surface area contributed by atoms with Gasteiger partial charge in [0.25, 0.3) is 0 Å². The second-order valence-electron chi connectivity index (χ2n) is 7.33. The molecule has 0 saturated carbocycles. The molecule has 158 valence electrons. The quantitative estimate of drug-likeness (QED) is 0.513. The fourth-order valence-electron chi connectivity index (χ4n) is 3.21. The van der Waals surface area contributed by atoms with Crippen LogP contribution in [-0.2, 0) is 24.2 Å². The largest absolute Gasteiger partial charge is 0.379 e. The SMILES string of the molecule is CCNC(=NCc1ccc(CN2CCOCC2)cc1)NCCc1nc(C)c(C)s1. The van der Waals surface area contributed by atoms with E-state index in [2.05, 4.69) is 65.6 Å². The number of rotatable bonds is 8. The first kappa shape index (κ1) is 21.7. The van der Waals surface area contributed by atoms with Gasteiger partial charge < -0.3 is 15.4 Å². The van der Waals surface area contributed by atoms with Crippen LogP contribution in [0.4, 0.5) is 0 Å². The number of nitrogens with one attached hydrogen (secondary N) is 2. The van der Waals surface area contributed by atoms with Crippen LogP contribution in [0, 0.1) is 13.8 Å². The van der Waals surface area contributed by atoms with Gasteiger partial charge in [-0.15, -0.1) is 11.3 Å². The predicted octanol–water partition coefficient (Wildman–Crippen LogP) is 2.89. The third-order valence-electron chi connectivity index (χ3n) is 5.00. The average molecular weight is 416 g/mol. The highest BCUT2D eigenvalue weighted by Crippen LogP contribution is 2.16. The summed E-state index contributed by atoms with van der Waals surface area (Å²) >= 11 is 1.78. The van der Waals surface area contributed by atoms with Crippen molar-refractivity contribution < 1.29 is 4.74 Å². The van der Waals surface area contributed by atoms with E-state index in [9.17, 15) is 0 Å². The Kier molecular flexibility index (Phi) is 8.46. The summed E-state index contributed by atoms with van der Waals surface area (Å²) in [6.07, 6.45) is 0.917. The van der Waals surface area contributed by atoms with E-state index in [-0.39, 0.29) is 0 Å². The van der Waals surface area contributed by atoms with Crippen LogP contribution in [0.1, 0.15) is 33.6 Å². The highest BCUT2D eigenvalue weighted by molar-refractivity contribution is 7.11. The molecule has 1 aliphatic rings. The van der Waals surface area contributed by atoms with Gasteiger partial charge >= 0.3 is 0 Å². The molecule has 1 aliphatic heterocycles. The van der Waals surface area contributed by atoms with Crippen molar-refractivity contribution in [1.29, 1.82) is 0 Å². The zero-order valence-corrected chi connectivity index (χ0v) is 18.6. The summed E-state index contributed by atoms with van der Waals surface area (Å²) < 4.78 is 5.42. The van der Waals surface area contributed by atoms with E-state index in [1.807, 2.05) is 0 Å². The molecule has 0 aliphatic carbocycles. The number of aliphatic imine (C=N–C) groups is 1. The van der Waals surface area contributed by atoms with Crippen LogP contribution in [0.25, 0.3) is 0 Å². The van der Waals surface area contributed by atoms with Gasteiger partial charge in [0.1, 0.15) is 0 Å². The molecular formula is C22H33N5OS. The minimum atomic E-state index is 0.669. The second-order valence-corrected chi connectivity index (χ2v) is 8.61. The molecule has 0 amide bonds. The van der Waals surface area contributed by atoms with Crippen molar-refractivity contribution in [2.75, 3.05) is 39.4 Å². The Balaban J connectivity index is 1.48. The van der Waals surface area contributed by atoms with Gasteiger partial charge in [-0.3, -0.25) is 4.90 Å². The van der Waals surface area contributed by atoms with Crippen LogP contribution in [0.15, 0.2) is 29.3 Å². The molecule has 1 aromatic heterocycles. The standard InChI is InChI=1S/C22H33N5OS/c1-4-23-22(24-10-9-21-26-17(2)18(3)29-21)25-15-19-5-7-20(8-6-19)16-27-11-13-28-14-12-27/h5-8H,4,9-16H2,1-3H3,(H2,23,24,25). The van der Waals surface area contributed by atoms with Gasteiger partial charge in [-0.2, -0.15) is 0 Å². The lowest BCUT2D eigenvalue weighted by atomic mass is 10.1. The molecule has 6 nitrogen and oxygen atoms in total. The molecule has 29 heavy (non-hydrogen) atoms. The number of aromatic nitrogens is 1. The minimum Gasteiger partial charge on any atom is -0.379 e. The number of aryl methyl sites for hydroxylation is 2. The number of benzene rings is 1. The van der Waals surface area contributed by atoms with Crippen molar-refractivity contribution in [3.8, 4) is 0 Å². The van der Waals surface area contributed by atoms with E-state index in [1.165, 1.54) is 21.0 Å². The number of nitrogens with zero attached hydrogens (tertiary/aromatic N) is 3. The summed E-state index contributed by atoms with van der Waals surface area (Å²) in [6, 6.07) is 8.80. The van der Waals surface area contributed by atoms with Crippen molar-refractivity contribution in [3.05, 3.63) is 51.0 Å². The molecule has 0 unspecified atom stereocenters. The van der Waals surface area contributed by atoms with Gasteiger partial charge in [0.05, 0.1) is 30.5 Å². The Morgan fingerprint density at radius 3 is 2.52 bits per heavy atom. The average Bonchev–Trinajstić information content (AvgIpc) is 3.05. The van der Waals surface area contributed by atoms with Crippen molar-refractivity contribution in [1.82, 2.24) is 20.5 Å². The van der Waals surface area contributed by atoms with E-state index < -0.39 is 0 Å². The monoisotopic (exact) mass is 415 g/mol. The van der Waals surface area contributed by atoms with Crippen LogP contribution in [0.3, 0.4) is 0 Å². The van der Waals surface area contributed by atoms with E-state index in [1.54, 1.807) is 11.3 Å². The molecule has 1 aromatic carbocycles. The van der Waals surface area contributed by atoms with Crippen LogP contribution >= 0.6 is 11.3 Å². The molecule has 0 spiro atoms. The normalized spacial score (nSPS) is 15.5. The first-order chi connectivity index (χ1) is 14.1. The third-order valence-corrected chi connectivity index (χ3v) is 6.13. The van der Waals surface area contributed by atoms with E-state index >= 15 is 0 Å². The van der Waals surface area contributed by atoms with Gasteiger partial charge in [-0.25, -0.2) is 9.98 Å². The fraction of sp³-hybridized carbons (Fsp3) is 0.545. The lowest BCUT2D eigenvalue weighted by Crippen LogP contribution is -2.38. The topological polar surface area (TPSA) is 61.8 Å². The van der Waals surface area contributed by atoms with Crippen LogP contribution in [-0.4, -0.2) is 55.2 Å². The van der Waals surface area contributed by atoms with E-state index in [4.69, 9.17) is 9.73 Å². The lowest BCUT2D eigenvalue weighted by molar-refractivity contribution is 0.0342. The Hall–Kier alpha value is -1.96. The Bertz CT molecular complexity index is 762. The predicted molar refractivity (Wildman–Crippen MR) is 121 cm³/mol. The maximum Gasteiger partial charge on any atom is 0.191 e. The summed E-state index contributed by atoms with van der Waals surface area (Å²) in [7, 11) is 0. The second kappa shape index (κ2) is 11.3. The van der Waals surface area contributed by atoms with Gasteiger partial charge in [-0.1, -0.05) is 24.3 Å². The molecule has 2 aromatic rings. The number of thiazole rings is 1. The number of morpholine rings is 1. The summed E-state index contributed by atoms with van der Waals surface area (Å²) in [5.74, 6) is 0.856. The zero-order chi connectivity index (χ0) is 20.5. The Morgan fingerprint density at radius 2 is 1.86 bits per heavy atom. The summed E-state index contributed by atoms with van der Waals surface area (Å²) in [5, 5.41) is 7.93. The molecule has 3 rings (SSSR count). The van der Waals surface area contributed by atoms with Crippen molar-refractivity contribution in [2.45, 2.75) is 40.3 Å². The number of ether oxygens (including phenoxy) is 1. The lowest BCUT2D eigenvalue weighted by Gasteiger charge is -2.26. The van der Waals surface area contributed by atoms with Crippen molar-refractivity contribution in [3.63, 3.8) is 0 Å². The van der Waals surface area contributed by atoms with Crippen molar-refractivity contribution >= 4 is 17.3 Å². The smallest absolute Gasteiger partial charge is 0.191 e. The highest BCUT2D eigenvalue weighted by atomic mass is 32.1. The summed E-state index contributed by atoms with van der Waals surface area (Å²) in [4.78, 5) is 13.1. The molecule has 0 radical (unpaired) electrons. The third kappa shape index (κ3) is 7.10. The molecule has 0 atom stereocenters. The van der Waals surface area contributed by atoms with E-state index in [0.29, 0.717) is 6.54 Å². The minimum absolute atomic E-state index is 0.669. The number of hydrogen-bond acceptors (Lipinski definition) is 5. The highest BCUT2D eigenvalue weighted by Gasteiger charge is 2.10. The molecule has 2 N–H and O–H groups in total. The van der Waals surface area contributed by atoms with Gasteiger partial charge in [0, 0.05) is 44.0 Å². The molecule has 1 saturated heterocycles. The maximum absolute atomic E-state index is 5.42. The zero-order valence-electron chi connectivity index (χ0n) is 17.8. The van der Waals surface area contributed by atoms with Gasteiger partial charge in [0.15, 0.2) is 5.96 Å². The molecule has 2 heterocycles. The molecular weight excluding hydrogens is 382 g/mol. The van der Waals surface area contributed by atoms with Crippen LogP contribution in [0.2, 0.25) is 0 Å². The maximum atomic E-state index is 5.42.